The molecule has 0 aliphatic carbocycles. The first kappa shape index (κ1) is 18.0. The summed E-state index contributed by atoms with van der Waals surface area (Å²) in [6.07, 6.45) is 3.43. The molecule has 0 unspecified atom stereocenters. The van der Waals surface area contributed by atoms with Gasteiger partial charge in [0.15, 0.2) is 5.69 Å². The van der Waals surface area contributed by atoms with E-state index in [4.69, 9.17) is 0 Å². The maximum absolute atomic E-state index is 12.8. The van der Waals surface area contributed by atoms with Crippen LogP contribution in [0.15, 0.2) is 24.3 Å². The first-order valence-corrected chi connectivity index (χ1v) is 9.87. The lowest BCUT2D eigenvalue weighted by atomic mass is 10.0. The van der Waals surface area contributed by atoms with Crippen molar-refractivity contribution in [3.63, 3.8) is 0 Å². The number of fused-ring (bicyclic) bond motifs is 1. The van der Waals surface area contributed by atoms with E-state index < -0.39 is 0 Å². The van der Waals surface area contributed by atoms with Gasteiger partial charge in [0.1, 0.15) is 0 Å². The summed E-state index contributed by atoms with van der Waals surface area (Å²) in [5.74, 6) is 0.184. The van der Waals surface area contributed by atoms with E-state index in [1.165, 1.54) is 6.42 Å². The van der Waals surface area contributed by atoms with Crippen molar-refractivity contribution in [1.82, 2.24) is 24.9 Å². The molecular formula is C20H27N5O2. The number of nitrogens with zero attached hydrogens (tertiary/aromatic N) is 4. The van der Waals surface area contributed by atoms with Gasteiger partial charge in [0, 0.05) is 44.2 Å². The summed E-state index contributed by atoms with van der Waals surface area (Å²) >= 11 is 0. The number of carbonyl (C=O) groups is 2. The van der Waals surface area contributed by atoms with Gasteiger partial charge in [-0.3, -0.25) is 19.6 Å². The Hall–Kier alpha value is -2.41. The zero-order valence-corrected chi connectivity index (χ0v) is 15.9. The normalized spacial score (nSPS) is 21.6. The number of nitrogens with one attached hydrogen (secondary N) is 1. The minimum Gasteiger partial charge on any atom is -0.339 e. The third kappa shape index (κ3) is 3.69. The van der Waals surface area contributed by atoms with Crippen molar-refractivity contribution in [2.45, 2.75) is 32.2 Å². The smallest absolute Gasteiger partial charge is 0.275 e. The first-order valence-electron chi connectivity index (χ1n) is 9.87. The van der Waals surface area contributed by atoms with Crippen molar-refractivity contribution in [3.05, 3.63) is 30.0 Å². The highest BCUT2D eigenvalue weighted by molar-refractivity contribution is 6.04. The number of para-hydroxylation sites is 1. The van der Waals surface area contributed by atoms with Crippen LogP contribution in [0.5, 0.6) is 0 Å². The highest BCUT2D eigenvalue weighted by Gasteiger charge is 2.28. The molecule has 0 spiro atoms. The fourth-order valence-electron chi connectivity index (χ4n) is 4.14. The number of amides is 2. The minimum atomic E-state index is -0.0388. The van der Waals surface area contributed by atoms with Crippen LogP contribution in [-0.4, -0.2) is 82.0 Å². The van der Waals surface area contributed by atoms with Crippen molar-refractivity contribution in [2.24, 2.45) is 0 Å². The van der Waals surface area contributed by atoms with Crippen molar-refractivity contribution in [1.29, 1.82) is 0 Å². The Kier molecular flexibility index (Phi) is 5.11. The van der Waals surface area contributed by atoms with Gasteiger partial charge in [0.25, 0.3) is 5.91 Å². The second kappa shape index (κ2) is 7.68. The van der Waals surface area contributed by atoms with E-state index in [2.05, 4.69) is 22.0 Å². The van der Waals surface area contributed by atoms with Crippen LogP contribution in [0.1, 0.15) is 36.7 Å². The Morgan fingerprint density at radius 2 is 1.89 bits per heavy atom. The molecule has 7 heteroatoms. The van der Waals surface area contributed by atoms with E-state index in [0.29, 0.717) is 31.4 Å². The Labute approximate surface area is 159 Å². The number of hydrogen-bond donors (Lipinski definition) is 1. The topological polar surface area (TPSA) is 72.5 Å². The van der Waals surface area contributed by atoms with Crippen LogP contribution in [0.2, 0.25) is 0 Å². The van der Waals surface area contributed by atoms with E-state index in [-0.39, 0.29) is 11.8 Å². The number of H-pyrrole nitrogens is 1. The molecule has 1 N–H and O–H groups in total. The van der Waals surface area contributed by atoms with Crippen LogP contribution in [0.25, 0.3) is 10.9 Å². The van der Waals surface area contributed by atoms with Gasteiger partial charge in [-0.25, -0.2) is 0 Å². The monoisotopic (exact) mass is 369 g/mol. The molecule has 0 saturated carbocycles. The fraction of sp³-hybridized carbons (Fsp3) is 0.550. The summed E-state index contributed by atoms with van der Waals surface area (Å²) in [6, 6.07) is 8.03. The number of benzene rings is 1. The molecule has 2 aliphatic rings. The molecule has 2 aromatic rings. The maximum Gasteiger partial charge on any atom is 0.275 e. The standard InChI is InChI=1S/C20H27N5O2/c1-15-6-4-5-9-25(15)18(26)14-23-10-12-24(13-11-23)20(27)19-16-7-2-3-8-17(16)21-22-19/h2-3,7-8,15H,4-6,9-14H2,1H3,(H,21,22)/t15-/m0/s1. The Balaban J connectivity index is 1.33. The first-order chi connectivity index (χ1) is 13.1. The van der Waals surface area contributed by atoms with Crippen molar-refractivity contribution < 1.29 is 9.59 Å². The number of piperazine rings is 1. The SMILES string of the molecule is C[C@H]1CCCCN1C(=O)CN1CCN(C(=O)c2n[nH]c3ccccc23)CC1. The summed E-state index contributed by atoms with van der Waals surface area (Å²) in [7, 11) is 0. The van der Waals surface area contributed by atoms with Gasteiger partial charge < -0.3 is 9.80 Å². The molecule has 1 atom stereocenters. The summed E-state index contributed by atoms with van der Waals surface area (Å²) in [5.41, 5.74) is 1.36. The summed E-state index contributed by atoms with van der Waals surface area (Å²) in [4.78, 5) is 31.5. The summed E-state index contributed by atoms with van der Waals surface area (Å²) in [5, 5.41) is 8.00. The van der Waals surface area contributed by atoms with E-state index in [1.54, 1.807) is 0 Å². The predicted octanol–water partition coefficient (Wildman–Crippen LogP) is 1.72. The molecule has 2 amide bonds. The predicted molar refractivity (Wildman–Crippen MR) is 103 cm³/mol. The van der Waals surface area contributed by atoms with E-state index in [9.17, 15) is 9.59 Å². The molecule has 3 heterocycles. The zero-order valence-electron chi connectivity index (χ0n) is 15.9. The largest absolute Gasteiger partial charge is 0.339 e. The fourth-order valence-corrected chi connectivity index (χ4v) is 4.14. The second-order valence-corrected chi connectivity index (χ2v) is 7.62. The quantitative estimate of drug-likeness (QED) is 0.894. The van der Waals surface area contributed by atoms with Crippen LogP contribution >= 0.6 is 0 Å². The average molecular weight is 369 g/mol. The molecule has 2 aliphatic heterocycles. The van der Waals surface area contributed by atoms with Crippen LogP contribution in [0.4, 0.5) is 0 Å². The molecule has 0 radical (unpaired) electrons. The molecule has 4 rings (SSSR count). The van der Waals surface area contributed by atoms with Crippen LogP contribution in [0.3, 0.4) is 0 Å². The maximum atomic E-state index is 12.8. The molecule has 2 saturated heterocycles. The lowest BCUT2D eigenvalue weighted by molar-refractivity contribution is -0.136. The number of rotatable bonds is 3. The van der Waals surface area contributed by atoms with Gasteiger partial charge in [0.2, 0.25) is 5.91 Å². The van der Waals surface area contributed by atoms with Gasteiger partial charge in [-0.05, 0) is 32.3 Å². The number of carbonyl (C=O) groups excluding carboxylic acids is 2. The van der Waals surface area contributed by atoms with Gasteiger partial charge in [-0.15, -0.1) is 0 Å². The zero-order chi connectivity index (χ0) is 18.8. The molecule has 27 heavy (non-hydrogen) atoms. The second-order valence-electron chi connectivity index (χ2n) is 7.62. The Morgan fingerprint density at radius 1 is 1.11 bits per heavy atom. The van der Waals surface area contributed by atoms with Gasteiger partial charge in [0.05, 0.1) is 12.1 Å². The molecule has 2 fully saturated rings. The molecule has 0 bridgehead atoms. The Bertz CT molecular complexity index is 825. The van der Waals surface area contributed by atoms with Crippen molar-refractivity contribution >= 4 is 22.7 Å². The number of likely N-dealkylation sites (tertiary alicyclic amines) is 1. The molecular weight excluding hydrogens is 342 g/mol. The lowest BCUT2D eigenvalue weighted by Crippen LogP contribution is -2.53. The molecule has 144 valence electrons. The average Bonchev–Trinajstić information content (AvgIpc) is 3.12. The van der Waals surface area contributed by atoms with Crippen LogP contribution in [-0.2, 0) is 4.79 Å². The van der Waals surface area contributed by atoms with E-state index in [1.807, 2.05) is 34.1 Å². The highest BCUT2D eigenvalue weighted by atomic mass is 16.2. The number of piperidine rings is 1. The van der Waals surface area contributed by atoms with E-state index in [0.717, 1.165) is 43.4 Å². The van der Waals surface area contributed by atoms with Crippen molar-refractivity contribution in [3.8, 4) is 0 Å². The van der Waals surface area contributed by atoms with Gasteiger partial charge >= 0.3 is 0 Å². The van der Waals surface area contributed by atoms with Crippen LogP contribution in [0, 0.1) is 0 Å². The van der Waals surface area contributed by atoms with Crippen LogP contribution < -0.4 is 0 Å². The lowest BCUT2D eigenvalue weighted by Gasteiger charge is -2.38. The summed E-state index contributed by atoms with van der Waals surface area (Å²) in [6.45, 7) is 6.18. The molecule has 1 aromatic heterocycles. The van der Waals surface area contributed by atoms with Crippen molar-refractivity contribution in [2.75, 3.05) is 39.3 Å². The Morgan fingerprint density at radius 3 is 2.67 bits per heavy atom. The minimum absolute atomic E-state index is 0.0388. The molecule has 7 nitrogen and oxygen atoms in total. The molecule has 1 aromatic carbocycles. The van der Waals surface area contributed by atoms with Gasteiger partial charge in [-0.1, -0.05) is 18.2 Å². The third-order valence-electron chi connectivity index (χ3n) is 5.81. The van der Waals surface area contributed by atoms with Gasteiger partial charge in [-0.2, -0.15) is 5.10 Å². The van der Waals surface area contributed by atoms with E-state index >= 15 is 0 Å². The number of aromatic nitrogens is 2. The third-order valence-corrected chi connectivity index (χ3v) is 5.81. The summed E-state index contributed by atoms with van der Waals surface area (Å²) < 4.78 is 0. The highest BCUT2D eigenvalue weighted by Crippen LogP contribution is 2.19. The number of hydrogen-bond acceptors (Lipinski definition) is 4. The number of aromatic amines is 1.